The molecule has 0 unspecified atom stereocenters. The molecule has 2 N–H and O–H groups in total. The van der Waals surface area contributed by atoms with E-state index in [-0.39, 0.29) is 12.3 Å². The number of carbonyl (C=O) groups excluding carboxylic acids is 1. The van der Waals surface area contributed by atoms with Gasteiger partial charge in [0.15, 0.2) is 0 Å². The molecule has 0 fully saturated rings. The van der Waals surface area contributed by atoms with Crippen LogP contribution in [0.3, 0.4) is 0 Å². The fourth-order valence-electron chi connectivity index (χ4n) is 3.63. The van der Waals surface area contributed by atoms with Crippen LogP contribution >= 0.6 is 0 Å². The summed E-state index contributed by atoms with van der Waals surface area (Å²) >= 11 is 0. The molecular formula is C22H24N2O3. The number of nitrogens with zero attached hydrogens (tertiary/aromatic N) is 1. The number of aliphatic carboxylic acids is 1. The Labute approximate surface area is 158 Å². The Hall–Kier alpha value is -3.08. The van der Waals surface area contributed by atoms with E-state index in [1.54, 1.807) is 7.05 Å². The number of carbonyl (C=O) groups is 2. The summed E-state index contributed by atoms with van der Waals surface area (Å²) in [4.78, 5) is 29.4. The van der Waals surface area contributed by atoms with E-state index in [0.29, 0.717) is 5.69 Å². The number of hydrogen-bond donors (Lipinski definition) is 2. The fraction of sp³-hybridized carbons (Fsp3) is 0.273. The van der Waals surface area contributed by atoms with Gasteiger partial charge >= 0.3 is 5.97 Å². The van der Waals surface area contributed by atoms with Crippen LogP contribution in [0.5, 0.6) is 0 Å². The van der Waals surface area contributed by atoms with Crippen molar-refractivity contribution in [2.75, 3.05) is 7.05 Å². The maximum atomic E-state index is 13.2. The number of rotatable bonds is 5. The number of aromatic amines is 1. The number of aromatic nitrogens is 1. The Kier molecular flexibility index (Phi) is 5.04. The largest absolute Gasteiger partial charge is 0.481 e. The van der Waals surface area contributed by atoms with E-state index in [1.165, 1.54) is 4.90 Å². The molecular weight excluding hydrogens is 340 g/mol. The molecule has 1 atom stereocenters. The summed E-state index contributed by atoms with van der Waals surface area (Å²) in [5.74, 6) is -1.15. The Morgan fingerprint density at radius 2 is 1.78 bits per heavy atom. The molecule has 1 amide bonds. The lowest BCUT2D eigenvalue weighted by Gasteiger charge is -2.27. The SMILES string of the molecule is Cc1cc(C)c2[nH]c(C(=O)N(C)[C@H](CC(=O)O)c3ccccc3)c(C)c2c1. The van der Waals surface area contributed by atoms with Crippen LogP contribution in [0.25, 0.3) is 10.9 Å². The van der Waals surface area contributed by atoms with Crippen molar-refractivity contribution in [1.82, 2.24) is 9.88 Å². The summed E-state index contributed by atoms with van der Waals surface area (Å²) in [6, 6.07) is 12.9. The van der Waals surface area contributed by atoms with E-state index in [4.69, 9.17) is 0 Å². The van der Waals surface area contributed by atoms with Crippen LogP contribution in [0.2, 0.25) is 0 Å². The number of carboxylic acids is 1. The molecule has 0 aliphatic heterocycles. The van der Waals surface area contributed by atoms with Crippen LogP contribution < -0.4 is 0 Å². The van der Waals surface area contributed by atoms with Gasteiger partial charge in [-0.3, -0.25) is 9.59 Å². The summed E-state index contributed by atoms with van der Waals surface area (Å²) in [6.45, 7) is 5.97. The molecule has 0 saturated carbocycles. The fourth-order valence-corrected chi connectivity index (χ4v) is 3.63. The zero-order valence-corrected chi connectivity index (χ0v) is 16.0. The molecule has 1 heterocycles. The van der Waals surface area contributed by atoms with Crippen LogP contribution in [0.1, 0.15) is 45.2 Å². The molecule has 3 rings (SSSR count). The van der Waals surface area contributed by atoms with Gasteiger partial charge in [-0.25, -0.2) is 0 Å². The summed E-state index contributed by atoms with van der Waals surface area (Å²) in [5.41, 5.74) is 5.37. The van der Waals surface area contributed by atoms with Gasteiger partial charge in [0.2, 0.25) is 0 Å². The van der Waals surface area contributed by atoms with Gasteiger partial charge in [0.1, 0.15) is 5.69 Å². The highest BCUT2D eigenvalue weighted by Gasteiger charge is 2.27. The second-order valence-electron chi connectivity index (χ2n) is 7.07. The van der Waals surface area contributed by atoms with Crippen LogP contribution in [-0.4, -0.2) is 33.9 Å². The molecule has 140 valence electrons. The first-order valence-corrected chi connectivity index (χ1v) is 8.93. The van der Waals surface area contributed by atoms with Crippen LogP contribution in [0.15, 0.2) is 42.5 Å². The van der Waals surface area contributed by atoms with E-state index in [9.17, 15) is 14.7 Å². The molecule has 5 nitrogen and oxygen atoms in total. The van der Waals surface area contributed by atoms with Crippen LogP contribution in [0, 0.1) is 20.8 Å². The Balaban J connectivity index is 2.03. The predicted molar refractivity (Wildman–Crippen MR) is 106 cm³/mol. The van der Waals surface area contributed by atoms with E-state index in [1.807, 2.05) is 51.1 Å². The first-order chi connectivity index (χ1) is 12.8. The molecule has 0 aliphatic carbocycles. The number of aryl methyl sites for hydroxylation is 3. The lowest BCUT2D eigenvalue weighted by atomic mass is 10.0. The first kappa shape index (κ1) is 18.7. The average molecular weight is 364 g/mol. The average Bonchev–Trinajstić information content (AvgIpc) is 2.96. The summed E-state index contributed by atoms with van der Waals surface area (Å²) in [7, 11) is 1.66. The van der Waals surface area contributed by atoms with E-state index in [0.717, 1.165) is 33.2 Å². The highest BCUT2D eigenvalue weighted by Crippen LogP contribution is 2.29. The summed E-state index contributed by atoms with van der Waals surface area (Å²) in [6.07, 6.45) is -0.149. The number of H-pyrrole nitrogens is 1. The smallest absolute Gasteiger partial charge is 0.305 e. The second-order valence-corrected chi connectivity index (χ2v) is 7.07. The van der Waals surface area contributed by atoms with Gasteiger partial charge in [0.05, 0.1) is 12.5 Å². The Bertz CT molecular complexity index is 1010. The molecule has 5 heteroatoms. The molecule has 0 radical (unpaired) electrons. The Morgan fingerprint density at radius 3 is 2.41 bits per heavy atom. The highest BCUT2D eigenvalue weighted by atomic mass is 16.4. The number of nitrogens with one attached hydrogen (secondary N) is 1. The lowest BCUT2D eigenvalue weighted by molar-refractivity contribution is -0.138. The monoisotopic (exact) mass is 364 g/mol. The minimum atomic E-state index is -0.941. The quantitative estimate of drug-likeness (QED) is 0.705. The predicted octanol–water partition coefficient (Wildman–Crippen LogP) is 4.38. The first-order valence-electron chi connectivity index (χ1n) is 8.93. The van der Waals surface area contributed by atoms with Crippen molar-refractivity contribution in [3.05, 3.63) is 70.4 Å². The van der Waals surface area contributed by atoms with Gasteiger partial charge in [-0.1, -0.05) is 42.0 Å². The van der Waals surface area contributed by atoms with E-state index >= 15 is 0 Å². The van der Waals surface area contributed by atoms with Crippen LogP contribution in [-0.2, 0) is 4.79 Å². The van der Waals surface area contributed by atoms with Crippen LogP contribution in [0.4, 0.5) is 0 Å². The third-order valence-electron chi connectivity index (χ3n) is 5.06. The van der Waals surface area contributed by atoms with Gasteiger partial charge in [0, 0.05) is 18.0 Å². The van der Waals surface area contributed by atoms with E-state index in [2.05, 4.69) is 17.1 Å². The van der Waals surface area contributed by atoms with Crippen molar-refractivity contribution in [3.8, 4) is 0 Å². The zero-order valence-electron chi connectivity index (χ0n) is 16.0. The molecule has 1 aromatic heterocycles. The van der Waals surface area contributed by atoms with Crippen molar-refractivity contribution in [2.24, 2.45) is 0 Å². The topological polar surface area (TPSA) is 73.4 Å². The second kappa shape index (κ2) is 7.27. The van der Waals surface area contributed by atoms with Gasteiger partial charge in [0.25, 0.3) is 5.91 Å². The normalized spacial score (nSPS) is 12.1. The minimum absolute atomic E-state index is 0.149. The molecule has 3 aromatic rings. The number of carboxylic acid groups (broad SMARTS) is 1. The summed E-state index contributed by atoms with van der Waals surface area (Å²) in [5, 5.41) is 10.4. The number of hydrogen-bond acceptors (Lipinski definition) is 2. The van der Waals surface area contributed by atoms with Gasteiger partial charge in [-0.2, -0.15) is 0 Å². The van der Waals surface area contributed by atoms with E-state index < -0.39 is 12.0 Å². The van der Waals surface area contributed by atoms with Gasteiger partial charge in [-0.05, 0) is 43.5 Å². The van der Waals surface area contributed by atoms with Crippen molar-refractivity contribution in [1.29, 1.82) is 0 Å². The molecule has 0 saturated heterocycles. The zero-order chi connectivity index (χ0) is 19.7. The number of amides is 1. The lowest BCUT2D eigenvalue weighted by Crippen LogP contribution is -2.33. The van der Waals surface area contributed by atoms with Crippen molar-refractivity contribution in [3.63, 3.8) is 0 Å². The van der Waals surface area contributed by atoms with Crippen molar-refractivity contribution < 1.29 is 14.7 Å². The minimum Gasteiger partial charge on any atom is -0.481 e. The third-order valence-corrected chi connectivity index (χ3v) is 5.06. The molecule has 27 heavy (non-hydrogen) atoms. The molecule has 2 aromatic carbocycles. The number of benzene rings is 2. The van der Waals surface area contributed by atoms with Gasteiger partial charge in [-0.15, -0.1) is 0 Å². The standard InChI is InChI=1S/C22H24N2O3/c1-13-10-14(2)20-17(11-13)15(3)21(23-20)22(27)24(4)18(12-19(25)26)16-8-6-5-7-9-16/h5-11,18,23H,12H2,1-4H3,(H,25,26)/t18-/m1/s1. The molecule has 0 aliphatic rings. The molecule has 0 spiro atoms. The van der Waals surface area contributed by atoms with Crippen molar-refractivity contribution >= 4 is 22.8 Å². The number of fused-ring (bicyclic) bond motifs is 1. The summed E-state index contributed by atoms with van der Waals surface area (Å²) < 4.78 is 0. The molecule has 0 bridgehead atoms. The van der Waals surface area contributed by atoms with Gasteiger partial charge < -0.3 is 15.0 Å². The maximum Gasteiger partial charge on any atom is 0.305 e. The third kappa shape index (κ3) is 3.58. The highest BCUT2D eigenvalue weighted by molar-refractivity contribution is 6.02. The van der Waals surface area contributed by atoms with Crippen molar-refractivity contribution in [2.45, 2.75) is 33.2 Å². The Morgan fingerprint density at radius 1 is 1.11 bits per heavy atom. The maximum absolute atomic E-state index is 13.2.